The Morgan fingerprint density at radius 1 is 1.36 bits per heavy atom. The lowest BCUT2D eigenvalue weighted by Gasteiger charge is -2.32. The molecule has 0 radical (unpaired) electrons. The van der Waals surface area contributed by atoms with Crippen molar-refractivity contribution in [3.63, 3.8) is 0 Å². The first-order valence-electron chi connectivity index (χ1n) is 7.09. The summed E-state index contributed by atoms with van der Waals surface area (Å²) in [4.78, 5) is 29.1. The fourth-order valence-electron chi connectivity index (χ4n) is 2.49. The largest absolute Gasteiger partial charge is 0.480 e. The molecular formula is C15H16N2O5. The topological polar surface area (TPSA) is 92.9 Å². The van der Waals surface area contributed by atoms with Crippen LogP contribution < -0.4 is 0 Å². The van der Waals surface area contributed by atoms with Crippen molar-refractivity contribution in [2.75, 3.05) is 19.8 Å². The van der Waals surface area contributed by atoms with Crippen LogP contribution in [-0.2, 0) is 20.7 Å². The van der Waals surface area contributed by atoms with E-state index < -0.39 is 12.0 Å². The number of nitrogens with zero attached hydrogens (tertiary/aromatic N) is 2. The van der Waals surface area contributed by atoms with Crippen LogP contribution in [-0.4, -0.2) is 52.7 Å². The number of carbonyl (C=O) groups excluding carboxylic acids is 1. The van der Waals surface area contributed by atoms with Gasteiger partial charge in [-0.3, -0.25) is 4.79 Å². The molecule has 1 N–H and O–H groups in total. The highest BCUT2D eigenvalue weighted by atomic mass is 16.5. The molecule has 1 fully saturated rings. The normalized spacial score (nSPS) is 18.5. The van der Waals surface area contributed by atoms with Crippen molar-refractivity contribution in [3.05, 3.63) is 30.2 Å². The molecule has 0 spiro atoms. The molecule has 1 aliphatic heterocycles. The van der Waals surface area contributed by atoms with Gasteiger partial charge in [0.1, 0.15) is 5.52 Å². The summed E-state index contributed by atoms with van der Waals surface area (Å²) < 4.78 is 10.7. The summed E-state index contributed by atoms with van der Waals surface area (Å²) in [6, 6.07) is 6.46. The molecule has 1 aromatic heterocycles. The maximum Gasteiger partial charge on any atom is 0.328 e. The number of morpholine rings is 1. The van der Waals surface area contributed by atoms with E-state index >= 15 is 0 Å². The van der Waals surface area contributed by atoms with Gasteiger partial charge in [-0.25, -0.2) is 9.78 Å². The fourth-order valence-corrected chi connectivity index (χ4v) is 2.49. The van der Waals surface area contributed by atoms with Crippen molar-refractivity contribution >= 4 is 23.0 Å². The van der Waals surface area contributed by atoms with Crippen LogP contribution in [0.2, 0.25) is 0 Å². The SMILES string of the molecule is O=C(O)C1COCCN1C(=O)CCc1nc2ccccc2o1. The van der Waals surface area contributed by atoms with E-state index in [4.69, 9.17) is 14.3 Å². The molecular weight excluding hydrogens is 288 g/mol. The zero-order valence-corrected chi connectivity index (χ0v) is 11.9. The van der Waals surface area contributed by atoms with Gasteiger partial charge in [-0.05, 0) is 12.1 Å². The van der Waals surface area contributed by atoms with Crippen LogP contribution in [0.1, 0.15) is 12.3 Å². The Hall–Kier alpha value is -2.41. The maximum absolute atomic E-state index is 12.2. The Balaban J connectivity index is 1.64. The van der Waals surface area contributed by atoms with E-state index in [1.807, 2.05) is 24.3 Å². The Morgan fingerprint density at radius 3 is 2.95 bits per heavy atom. The number of rotatable bonds is 4. The maximum atomic E-state index is 12.2. The summed E-state index contributed by atoms with van der Waals surface area (Å²) in [6.07, 6.45) is 0.508. The van der Waals surface area contributed by atoms with E-state index in [1.165, 1.54) is 4.90 Å². The molecule has 1 saturated heterocycles. The van der Waals surface area contributed by atoms with Gasteiger partial charge in [0.15, 0.2) is 17.5 Å². The number of aromatic nitrogens is 1. The molecule has 1 aliphatic rings. The van der Waals surface area contributed by atoms with E-state index in [0.29, 0.717) is 31.0 Å². The van der Waals surface area contributed by atoms with Gasteiger partial charge in [0.25, 0.3) is 0 Å². The Morgan fingerprint density at radius 2 is 2.18 bits per heavy atom. The lowest BCUT2D eigenvalue weighted by molar-refractivity contribution is -0.158. The average Bonchev–Trinajstić information content (AvgIpc) is 2.95. The minimum Gasteiger partial charge on any atom is -0.480 e. The summed E-state index contributed by atoms with van der Waals surface area (Å²) in [5.74, 6) is -0.789. The number of hydrogen-bond donors (Lipinski definition) is 1. The van der Waals surface area contributed by atoms with Crippen molar-refractivity contribution < 1.29 is 23.8 Å². The quantitative estimate of drug-likeness (QED) is 0.908. The summed E-state index contributed by atoms with van der Waals surface area (Å²) in [7, 11) is 0. The molecule has 116 valence electrons. The number of hydrogen-bond acceptors (Lipinski definition) is 5. The predicted molar refractivity (Wildman–Crippen MR) is 76.3 cm³/mol. The van der Waals surface area contributed by atoms with Gasteiger partial charge in [-0.15, -0.1) is 0 Å². The molecule has 1 atom stereocenters. The average molecular weight is 304 g/mol. The molecule has 3 rings (SSSR count). The van der Waals surface area contributed by atoms with Crippen molar-refractivity contribution in [1.82, 2.24) is 9.88 Å². The second kappa shape index (κ2) is 6.15. The van der Waals surface area contributed by atoms with Crippen molar-refractivity contribution in [1.29, 1.82) is 0 Å². The number of aryl methyl sites for hydroxylation is 1. The number of oxazole rings is 1. The number of para-hydroxylation sites is 2. The minimum atomic E-state index is -1.05. The van der Waals surface area contributed by atoms with Crippen molar-refractivity contribution in [3.8, 4) is 0 Å². The highest BCUT2D eigenvalue weighted by Gasteiger charge is 2.32. The number of carboxylic acid groups (broad SMARTS) is 1. The zero-order chi connectivity index (χ0) is 15.5. The van der Waals surface area contributed by atoms with Gasteiger partial charge in [-0.2, -0.15) is 0 Å². The number of benzene rings is 1. The first-order chi connectivity index (χ1) is 10.6. The Labute approximate surface area is 126 Å². The lowest BCUT2D eigenvalue weighted by atomic mass is 10.2. The molecule has 1 unspecified atom stereocenters. The molecule has 1 aromatic carbocycles. The van der Waals surface area contributed by atoms with Crippen LogP contribution in [0.25, 0.3) is 11.1 Å². The van der Waals surface area contributed by atoms with Crippen molar-refractivity contribution in [2.45, 2.75) is 18.9 Å². The first kappa shape index (κ1) is 14.5. The number of amides is 1. The van der Waals surface area contributed by atoms with Crippen LogP contribution in [0.5, 0.6) is 0 Å². The summed E-state index contributed by atoms with van der Waals surface area (Å²) in [5.41, 5.74) is 1.43. The zero-order valence-electron chi connectivity index (χ0n) is 11.9. The predicted octanol–water partition coefficient (Wildman–Crippen LogP) is 1.07. The summed E-state index contributed by atoms with van der Waals surface area (Å²) in [6.45, 7) is 0.686. The monoisotopic (exact) mass is 304 g/mol. The Kier molecular flexibility index (Phi) is 4.06. The third kappa shape index (κ3) is 2.94. The number of carbonyl (C=O) groups is 2. The number of fused-ring (bicyclic) bond motifs is 1. The van der Waals surface area contributed by atoms with E-state index in [0.717, 1.165) is 5.52 Å². The molecule has 0 aliphatic carbocycles. The third-order valence-corrected chi connectivity index (χ3v) is 3.62. The smallest absolute Gasteiger partial charge is 0.328 e. The highest BCUT2D eigenvalue weighted by Crippen LogP contribution is 2.17. The van der Waals surface area contributed by atoms with E-state index in [1.54, 1.807) is 0 Å². The second-order valence-electron chi connectivity index (χ2n) is 5.09. The molecule has 22 heavy (non-hydrogen) atoms. The molecule has 7 heteroatoms. The highest BCUT2D eigenvalue weighted by molar-refractivity contribution is 5.84. The van der Waals surface area contributed by atoms with E-state index in [-0.39, 0.29) is 18.9 Å². The van der Waals surface area contributed by atoms with Gasteiger partial charge in [-0.1, -0.05) is 12.1 Å². The minimum absolute atomic E-state index is 0.0317. The van der Waals surface area contributed by atoms with Gasteiger partial charge < -0.3 is 19.2 Å². The van der Waals surface area contributed by atoms with Crippen LogP contribution in [0, 0.1) is 0 Å². The lowest BCUT2D eigenvalue weighted by Crippen LogP contribution is -2.52. The fraction of sp³-hybridized carbons (Fsp3) is 0.400. The molecule has 1 amide bonds. The van der Waals surface area contributed by atoms with Crippen molar-refractivity contribution in [2.24, 2.45) is 0 Å². The summed E-state index contributed by atoms with van der Waals surface area (Å²) >= 11 is 0. The van der Waals surface area contributed by atoms with Crippen LogP contribution in [0.15, 0.2) is 28.7 Å². The van der Waals surface area contributed by atoms with Crippen LogP contribution in [0.3, 0.4) is 0 Å². The van der Waals surface area contributed by atoms with Gasteiger partial charge in [0.05, 0.1) is 13.2 Å². The van der Waals surface area contributed by atoms with E-state index in [9.17, 15) is 9.59 Å². The molecule has 2 heterocycles. The van der Waals surface area contributed by atoms with Gasteiger partial charge >= 0.3 is 5.97 Å². The molecule has 0 bridgehead atoms. The molecule has 0 saturated carbocycles. The molecule has 2 aromatic rings. The number of aliphatic carboxylic acids is 1. The van der Waals surface area contributed by atoms with E-state index in [2.05, 4.69) is 4.98 Å². The van der Waals surface area contributed by atoms with Gasteiger partial charge in [0, 0.05) is 19.4 Å². The van der Waals surface area contributed by atoms with Crippen LogP contribution in [0.4, 0.5) is 0 Å². The standard InChI is InChI=1S/C15H16N2O5/c18-14(17-7-8-21-9-11(17)15(19)20)6-5-13-16-10-3-1-2-4-12(10)22-13/h1-4,11H,5-9H2,(H,19,20). The first-order valence-corrected chi connectivity index (χ1v) is 7.09. The number of ether oxygens (including phenoxy) is 1. The summed E-state index contributed by atoms with van der Waals surface area (Å²) in [5, 5.41) is 9.13. The Bertz CT molecular complexity index is 663. The second-order valence-corrected chi connectivity index (χ2v) is 5.09. The third-order valence-electron chi connectivity index (χ3n) is 3.62. The van der Waals surface area contributed by atoms with Crippen LogP contribution >= 0.6 is 0 Å². The molecule has 7 nitrogen and oxygen atoms in total. The van der Waals surface area contributed by atoms with Gasteiger partial charge in [0.2, 0.25) is 5.91 Å². The number of carboxylic acids is 1.